The summed E-state index contributed by atoms with van der Waals surface area (Å²) in [4.78, 5) is 5.73. The topological polar surface area (TPSA) is 47.6 Å². The van der Waals surface area contributed by atoms with Gasteiger partial charge in [-0.25, -0.2) is 0 Å². The first-order valence-electron chi connectivity index (χ1n) is 11.0. The van der Waals surface area contributed by atoms with Gasteiger partial charge in [0.25, 0.3) is 0 Å². The normalized spacial score (nSPS) is 43.0. The van der Waals surface area contributed by atoms with Gasteiger partial charge in [-0.15, -0.1) is 0 Å². The molecule has 2 N–H and O–H groups in total. The van der Waals surface area contributed by atoms with Crippen LogP contribution in [0.3, 0.4) is 0 Å². The third-order valence-corrected chi connectivity index (χ3v) is 8.83. The maximum Gasteiger partial charge on any atom is 0.144 e. The predicted octanol–water partition coefficient (Wildman–Crippen LogP) is 5.62. The van der Waals surface area contributed by atoms with Crippen molar-refractivity contribution in [2.24, 2.45) is 39.5 Å². The van der Waals surface area contributed by atoms with Gasteiger partial charge in [-0.05, 0) is 99.9 Å². The summed E-state index contributed by atoms with van der Waals surface area (Å²) in [6, 6.07) is 0. The summed E-state index contributed by atoms with van der Waals surface area (Å²) in [6.45, 7) is 14.0. The van der Waals surface area contributed by atoms with E-state index in [0.29, 0.717) is 17.4 Å². The van der Waals surface area contributed by atoms with Crippen molar-refractivity contribution in [2.45, 2.75) is 84.7 Å². The minimum Gasteiger partial charge on any atom is -0.388 e. The maximum atomic E-state index is 5.77. The molecule has 4 aliphatic rings. The lowest BCUT2D eigenvalue weighted by molar-refractivity contribution is -0.0238. The summed E-state index contributed by atoms with van der Waals surface area (Å²) in [7, 11) is 0. The number of nitrogens with zero attached hydrogens (tertiary/aromatic N) is 1. The predicted molar refractivity (Wildman–Crippen MR) is 112 cm³/mol. The fourth-order valence-corrected chi connectivity index (χ4v) is 6.77. The average molecular weight is 371 g/mol. The van der Waals surface area contributed by atoms with Gasteiger partial charge in [-0.1, -0.05) is 36.7 Å². The molecule has 4 aliphatic carbocycles. The smallest absolute Gasteiger partial charge is 0.144 e. The largest absolute Gasteiger partial charge is 0.388 e. The Morgan fingerprint density at radius 2 is 1.85 bits per heavy atom. The number of oxime groups is 1. The van der Waals surface area contributed by atoms with Crippen LogP contribution >= 0.6 is 0 Å². The van der Waals surface area contributed by atoms with Crippen molar-refractivity contribution in [1.29, 1.82) is 0 Å². The summed E-state index contributed by atoms with van der Waals surface area (Å²) in [6.07, 6.45) is 12.5. The Morgan fingerprint density at radius 1 is 1.11 bits per heavy atom. The van der Waals surface area contributed by atoms with Crippen LogP contribution in [0.5, 0.6) is 0 Å². The van der Waals surface area contributed by atoms with E-state index in [1.54, 1.807) is 5.57 Å². The molecule has 3 nitrogen and oxygen atoms in total. The lowest BCUT2D eigenvalue weighted by Gasteiger charge is -2.57. The zero-order chi connectivity index (χ0) is 19.4. The van der Waals surface area contributed by atoms with E-state index in [9.17, 15) is 0 Å². The van der Waals surface area contributed by atoms with E-state index in [1.807, 2.05) is 13.8 Å². The van der Waals surface area contributed by atoms with E-state index < -0.39 is 0 Å². The van der Waals surface area contributed by atoms with Gasteiger partial charge >= 0.3 is 0 Å². The Labute approximate surface area is 165 Å². The number of fused-ring (bicyclic) bond motifs is 5. The molecule has 0 aromatic carbocycles. The van der Waals surface area contributed by atoms with Gasteiger partial charge < -0.3 is 10.6 Å². The molecule has 0 aliphatic heterocycles. The highest BCUT2D eigenvalue weighted by Crippen LogP contribution is 2.66. The Bertz CT molecular complexity index is 690. The monoisotopic (exact) mass is 370 g/mol. The first kappa shape index (κ1) is 19.2. The number of rotatable bonds is 3. The zero-order valence-electron chi connectivity index (χ0n) is 17.8. The molecule has 27 heavy (non-hydrogen) atoms. The highest BCUT2D eigenvalue weighted by Gasteiger charge is 2.57. The van der Waals surface area contributed by atoms with E-state index in [4.69, 9.17) is 10.6 Å². The molecule has 3 fully saturated rings. The lowest BCUT2D eigenvalue weighted by Crippen LogP contribution is -2.49. The molecule has 3 saturated carbocycles. The first-order chi connectivity index (χ1) is 12.7. The van der Waals surface area contributed by atoms with Gasteiger partial charge in [0.1, 0.15) is 5.60 Å². The quantitative estimate of drug-likeness (QED) is 0.518. The van der Waals surface area contributed by atoms with Crippen LogP contribution in [0.25, 0.3) is 0 Å². The third-order valence-electron chi connectivity index (χ3n) is 8.83. The molecule has 4 rings (SSSR count). The fourth-order valence-electron chi connectivity index (χ4n) is 6.77. The number of hydrogen-bond donors (Lipinski definition) is 1. The molecule has 0 spiro atoms. The summed E-state index contributed by atoms with van der Waals surface area (Å²) >= 11 is 0. The van der Waals surface area contributed by atoms with E-state index in [1.165, 1.54) is 50.5 Å². The third kappa shape index (κ3) is 3.01. The van der Waals surface area contributed by atoms with Crippen molar-refractivity contribution in [3.8, 4) is 0 Å². The Hall–Kier alpha value is -1.09. The van der Waals surface area contributed by atoms with Crippen LogP contribution < -0.4 is 5.73 Å². The molecule has 0 heterocycles. The molecule has 0 aromatic rings. The summed E-state index contributed by atoms with van der Waals surface area (Å²) < 4.78 is 0. The van der Waals surface area contributed by atoms with Crippen molar-refractivity contribution >= 4 is 5.71 Å². The summed E-state index contributed by atoms with van der Waals surface area (Å²) in [5.41, 5.74) is 10.4. The van der Waals surface area contributed by atoms with Crippen LogP contribution in [-0.4, -0.2) is 17.9 Å². The second-order valence-electron chi connectivity index (χ2n) is 10.7. The van der Waals surface area contributed by atoms with Crippen LogP contribution in [-0.2, 0) is 4.84 Å². The SMILES string of the molecule is C=C1CCC2C3CCC4=C/C(=N/OC(C)(C)CN)CC[C@]4(C)C3CC[C@]12C. The molecule has 0 aromatic heterocycles. The van der Waals surface area contributed by atoms with E-state index in [2.05, 4.69) is 31.7 Å². The van der Waals surface area contributed by atoms with Crippen molar-refractivity contribution in [2.75, 3.05) is 6.54 Å². The van der Waals surface area contributed by atoms with Crippen molar-refractivity contribution in [3.05, 3.63) is 23.8 Å². The highest BCUT2D eigenvalue weighted by atomic mass is 16.6. The number of nitrogens with two attached hydrogens (primary N) is 1. The van der Waals surface area contributed by atoms with Gasteiger partial charge in [0.05, 0.1) is 5.71 Å². The van der Waals surface area contributed by atoms with Gasteiger partial charge in [0, 0.05) is 6.54 Å². The molecule has 3 unspecified atom stereocenters. The van der Waals surface area contributed by atoms with Crippen molar-refractivity contribution < 1.29 is 4.84 Å². The fraction of sp³-hybridized carbons (Fsp3) is 0.792. The minimum absolute atomic E-state index is 0.358. The molecule has 3 heteroatoms. The molecule has 5 atom stereocenters. The van der Waals surface area contributed by atoms with E-state index in [-0.39, 0.29) is 5.60 Å². The Morgan fingerprint density at radius 3 is 2.59 bits per heavy atom. The second kappa shape index (κ2) is 6.47. The number of allylic oxidation sites excluding steroid dienone is 3. The lowest BCUT2D eigenvalue weighted by atomic mass is 9.47. The number of hydrogen-bond acceptors (Lipinski definition) is 3. The zero-order valence-corrected chi connectivity index (χ0v) is 17.8. The average Bonchev–Trinajstić information content (AvgIpc) is 2.95. The second-order valence-corrected chi connectivity index (χ2v) is 10.7. The van der Waals surface area contributed by atoms with Gasteiger partial charge in [0.15, 0.2) is 0 Å². The van der Waals surface area contributed by atoms with E-state index in [0.717, 1.165) is 29.9 Å². The van der Waals surface area contributed by atoms with Crippen LogP contribution in [0.1, 0.15) is 79.1 Å². The van der Waals surface area contributed by atoms with Crippen LogP contribution in [0.4, 0.5) is 0 Å². The van der Waals surface area contributed by atoms with Crippen molar-refractivity contribution in [1.82, 2.24) is 0 Å². The standard InChI is InChI=1S/C24H38N2O/c1-16-6-9-20-19-8-7-17-14-18(26-27-22(2,3)15-25)10-12-24(17,5)21(19)11-13-23(16,20)4/h14,19-21H,1,6-13,15,25H2,2-5H3/b26-18+/t19?,20?,21?,23-,24+/m1/s1. The van der Waals surface area contributed by atoms with Gasteiger partial charge in [-0.3, -0.25) is 0 Å². The van der Waals surface area contributed by atoms with Gasteiger partial charge in [-0.2, -0.15) is 0 Å². The van der Waals surface area contributed by atoms with Crippen LogP contribution in [0.15, 0.2) is 29.0 Å². The summed E-state index contributed by atoms with van der Waals surface area (Å²) in [5, 5.41) is 4.47. The van der Waals surface area contributed by atoms with E-state index >= 15 is 0 Å². The summed E-state index contributed by atoms with van der Waals surface area (Å²) in [5.74, 6) is 2.59. The molecule has 150 valence electrons. The van der Waals surface area contributed by atoms with Crippen molar-refractivity contribution in [3.63, 3.8) is 0 Å². The maximum absolute atomic E-state index is 5.77. The highest BCUT2D eigenvalue weighted by molar-refractivity contribution is 5.96. The Kier molecular flexibility index (Phi) is 4.61. The van der Waals surface area contributed by atoms with Gasteiger partial charge in [0.2, 0.25) is 0 Å². The molecular formula is C24H38N2O. The Balaban J connectivity index is 1.56. The molecule has 0 bridgehead atoms. The minimum atomic E-state index is -0.386. The van der Waals surface area contributed by atoms with Crippen LogP contribution in [0, 0.1) is 28.6 Å². The molecule has 0 amide bonds. The first-order valence-corrected chi connectivity index (χ1v) is 11.0. The van der Waals surface area contributed by atoms with Crippen LogP contribution in [0.2, 0.25) is 0 Å². The molecule has 0 radical (unpaired) electrons. The molecule has 0 saturated heterocycles. The molecular weight excluding hydrogens is 332 g/mol.